The van der Waals surface area contributed by atoms with Crippen LogP contribution in [0.15, 0.2) is 41.3 Å². The number of hydrogen-bond acceptors (Lipinski definition) is 8. The van der Waals surface area contributed by atoms with Gasteiger partial charge < -0.3 is 25.2 Å². The Morgan fingerprint density at radius 3 is 2.50 bits per heavy atom. The van der Waals surface area contributed by atoms with Crippen LogP contribution in [0, 0.1) is 0 Å². The van der Waals surface area contributed by atoms with Crippen molar-refractivity contribution in [2.24, 2.45) is 0 Å². The van der Waals surface area contributed by atoms with Crippen LogP contribution in [0.2, 0.25) is 0 Å². The Morgan fingerprint density at radius 1 is 1.22 bits per heavy atom. The predicted molar refractivity (Wildman–Crippen MR) is 132 cm³/mol. The molecule has 36 heavy (non-hydrogen) atoms. The Hall–Kier alpha value is -2.47. The fraction of sp³-hybridized carbons (Fsp3) is 0.522. The highest BCUT2D eigenvalue weighted by molar-refractivity contribution is 6.18. The Labute approximate surface area is 216 Å². The van der Waals surface area contributed by atoms with Gasteiger partial charge in [0.2, 0.25) is 6.23 Å². The predicted octanol–water partition coefficient (Wildman–Crippen LogP) is 2.57. The summed E-state index contributed by atoms with van der Waals surface area (Å²) in [6.07, 6.45) is -3.77. The van der Waals surface area contributed by atoms with Crippen molar-refractivity contribution in [1.82, 2.24) is 9.55 Å². The van der Waals surface area contributed by atoms with Gasteiger partial charge in [-0.25, -0.2) is 4.79 Å². The average molecular weight is 549 g/mol. The summed E-state index contributed by atoms with van der Waals surface area (Å²) in [7, 11) is 0. The van der Waals surface area contributed by atoms with Gasteiger partial charge in [0, 0.05) is 43.2 Å². The standard InChI is InChI=1S/C23H28Cl2F2N4O5/c24-9-12-30(13-10-25)16-6-4-15(5-7-16)2-1-3-19(32)35-14-17-20(33)23(26,27)21(36-17)31-11-8-18(28)29-22(31)34/h4-8,11,17,20-21,33H,1-3,9-10,12-14H2,(H2,28,29,34)/t17-,20+,21?/m1/s1. The lowest BCUT2D eigenvalue weighted by Gasteiger charge is -2.23. The van der Waals surface area contributed by atoms with Crippen LogP contribution in [-0.4, -0.2) is 70.2 Å². The first-order valence-electron chi connectivity index (χ1n) is 11.3. The third-order valence-corrected chi connectivity index (χ3v) is 6.09. The molecule has 13 heteroatoms. The zero-order valence-electron chi connectivity index (χ0n) is 19.4. The number of nitrogens with two attached hydrogens (primary N) is 1. The minimum absolute atomic E-state index is 0.0519. The molecule has 2 aromatic rings. The highest BCUT2D eigenvalue weighted by Crippen LogP contribution is 2.42. The number of nitrogen functional groups attached to an aromatic ring is 1. The highest BCUT2D eigenvalue weighted by atomic mass is 35.5. The molecule has 3 N–H and O–H groups in total. The first-order valence-corrected chi connectivity index (χ1v) is 12.4. The van der Waals surface area contributed by atoms with E-state index in [0.29, 0.717) is 42.3 Å². The van der Waals surface area contributed by atoms with Crippen LogP contribution in [-0.2, 0) is 20.7 Å². The Balaban J connectivity index is 1.47. The summed E-state index contributed by atoms with van der Waals surface area (Å²) in [6.45, 7) is 0.771. The van der Waals surface area contributed by atoms with Gasteiger partial charge in [0.15, 0.2) is 6.10 Å². The van der Waals surface area contributed by atoms with Crippen molar-refractivity contribution < 1.29 is 28.2 Å². The molecule has 1 fully saturated rings. The van der Waals surface area contributed by atoms with Gasteiger partial charge in [-0.3, -0.25) is 9.36 Å². The van der Waals surface area contributed by atoms with Gasteiger partial charge >= 0.3 is 17.6 Å². The number of alkyl halides is 4. The van der Waals surface area contributed by atoms with E-state index < -0.39 is 42.6 Å². The van der Waals surface area contributed by atoms with Crippen LogP contribution in [0.1, 0.15) is 24.6 Å². The molecule has 1 aliphatic heterocycles. The second-order valence-electron chi connectivity index (χ2n) is 8.26. The van der Waals surface area contributed by atoms with Crippen LogP contribution in [0.3, 0.4) is 0 Å². The maximum Gasteiger partial charge on any atom is 0.351 e. The van der Waals surface area contributed by atoms with E-state index in [9.17, 15) is 23.5 Å². The second-order valence-corrected chi connectivity index (χ2v) is 9.01. The Bertz CT molecular complexity index is 1070. The highest BCUT2D eigenvalue weighted by Gasteiger charge is 2.60. The van der Waals surface area contributed by atoms with Crippen molar-refractivity contribution in [2.45, 2.75) is 43.6 Å². The molecule has 2 heterocycles. The SMILES string of the molecule is Nc1ccn(C2O[C@H](COC(=O)CCCc3ccc(N(CCCl)CCCl)cc3)[C@H](O)C2(F)F)c(=O)n1. The molecule has 0 saturated carbocycles. The van der Waals surface area contributed by atoms with Gasteiger partial charge in [-0.15, -0.1) is 23.2 Å². The number of anilines is 2. The third kappa shape index (κ3) is 6.84. The third-order valence-electron chi connectivity index (χ3n) is 5.75. The zero-order chi connectivity index (χ0) is 26.3. The van der Waals surface area contributed by atoms with Gasteiger partial charge in [-0.05, 0) is 36.6 Å². The molecule has 0 radical (unpaired) electrons. The molecule has 198 valence electrons. The molecule has 1 aliphatic rings. The smallest absolute Gasteiger partial charge is 0.351 e. The number of benzene rings is 1. The van der Waals surface area contributed by atoms with Crippen molar-refractivity contribution in [2.75, 3.05) is 42.1 Å². The summed E-state index contributed by atoms with van der Waals surface area (Å²) < 4.78 is 39.9. The molecule has 3 atom stereocenters. The van der Waals surface area contributed by atoms with E-state index in [1.807, 2.05) is 24.3 Å². The van der Waals surface area contributed by atoms with Crippen molar-refractivity contribution in [3.8, 4) is 0 Å². The van der Waals surface area contributed by atoms with Crippen molar-refractivity contribution in [1.29, 1.82) is 0 Å². The van der Waals surface area contributed by atoms with Crippen LogP contribution < -0.4 is 16.3 Å². The van der Waals surface area contributed by atoms with E-state index in [1.54, 1.807) is 0 Å². The molecular weight excluding hydrogens is 521 g/mol. The van der Waals surface area contributed by atoms with Crippen LogP contribution in [0.4, 0.5) is 20.3 Å². The number of halogens is 4. The summed E-state index contributed by atoms with van der Waals surface area (Å²) in [5, 5.41) is 10.0. The molecule has 1 unspecified atom stereocenters. The fourth-order valence-corrected chi connectivity index (χ4v) is 4.25. The average Bonchev–Trinajstić information content (AvgIpc) is 3.06. The van der Waals surface area contributed by atoms with Crippen molar-refractivity contribution in [3.63, 3.8) is 0 Å². The van der Waals surface area contributed by atoms with Crippen LogP contribution in [0.5, 0.6) is 0 Å². The number of aliphatic hydroxyl groups is 1. The number of aromatic nitrogens is 2. The number of nitrogens with zero attached hydrogens (tertiary/aromatic N) is 3. The van der Waals surface area contributed by atoms with Crippen LogP contribution >= 0.6 is 23.2 Å². The second kappa shape index (κ2) is 12.7. The molecule has 1 saturated heterocycles. The molecule has 0 aliphatic carbocycles. The number of esters is 1. The number of rotatable bonds is 12. The van der Waals surface area contributed by atoms with E-state index in [4.69, 9.17) is 38.4 Å². The molecular formula is C23H28Cl2F2N4O5. The largest absolute Gasteiger partial charge is 0.463 e. The van der Waals surface area contributed by atoms with Crippen molar-refractivity contribution in [3.05, 3.63) is 52.6 Å². The monoisotopic (exact) mass is 548 g/mol. The topological polar surface area (TPSA) is 120 Å². The first kappa shape index (κ1) is 28.1. The van der Waals surface area contributed by atoms with Gasteiger partial charge in [0.1, 0.15) is 18.5 Å². The molecule has 0 bridgehead atoms. The van der Waals surface area contributed by atoms with E-state index in [2.05, 4.69) is 9.88 Å². The van der Waals surface area contributed by atoms with Crippen molar-refractivity contribution >= 4 is 40.7 Å². The lowest BCUT2D eigenvalue weighted by atomic mass is 10.1. The number of aliphatic hydroxyl groups excluding tert-OH is 1. The van der Waals surface area contributed by atoms with Gasteiger partial charge in [-0.1, -0.05) is 12.1 Å². The minimum atomic E-state index is -3.81. The molecule has 1 aromatic carbocycles. The van der Waals surface area contributed by atoms with Gasteiger partial charge in [0.25, 0.3) is 0 Å². The quantitative estimate of drug-likeness (QED) is 0.306. The molecule has 3 rings (SSSR count). The maximum absolute atomic E-state index is 14.5. The number of ether oxygens (including phenoxy) is 2. The van der Waals surface area contributed by atoms with E-state index >= 15 is 0 Å². The molecule has 1 aromatic heterocycles. The molecule has 0 amide bonds. The molecule has 0 spiro atoms. The number of carbonyl (C=O) groups excluding carboxylic acids is 1. The van der Waals surface area contributed by atoms with Crippen LogP contribution in [0.25, 0.3) is 0 Å². The summed E-state index contributed by atoms with van der Waals surface area (Å²) in [4.78, 5) is 29.5. The zero-order valence-corrected chi connectivity index (χ0v) is 20.9. The maximum atomic E-state index is 14.5. The normalized spacial score (nSPS) is 20.9. The van der Waals surface area contributed by atoms with Gasteiger partial charge in [-0.2, -0.15) is 13.8 Å². The Morgan fingerprint density at radius 2 is 1.89 bits per heavy atom. The minimum Gasteiger partial charge on any atom is -0.463 e. The number of hydrogen-bond donors (Lipinski definition) is 2. The summed E-state index contributed by atoms with van der Waals surface area (Å²) in [6, 6.07) is 8.99. The summed E-state index contributed by atoms with van der Waals surface area (Å²) in [5.41, 5.74) is 6.34. The first-order chi connectivity index (χ1) is 17.2. The van der Waals surface area contributed by atoms with E-state index in [-0.39, 0.29) is 12.2 Å². The lowest BCUT2D eigenvalue weighted by Crippen LogP contribution is -2.42. The van der Waals surface area contributed by atoms with Gasteiger partial charge in [0.05, 0.1) is 0 Å². The fourth-order valence-electron chi connectivity index (χ4n) is 3.84. The molecule has 9 nitrogen and oxygen atoms in total. The number of aryl methyl sites for hydroxylation is 1. The Kier molecular flexibility index (Phi) is 9.89. The summed E-state index contributed by atoms with van der Waals surface area (Å²) in [5.74, 6) is -3.60. The lowest BCUT2D eigenvalue weighted by molar-refractivity contribution is -0.150. The number of carbonyl (C=O) groups is 1. The van der Waals surface area contributed by atoms with E-state index in [0.717, 1.165) is 23.5 Å². The summed E-state index contributed by atoms with van der Waals surface area (Å²) >= 11 is 11.7. The van der Waals surface area contributed by atoms with E-state index in [1.165, 1.54) is 0 Å².